The Kier molecular flexibility index (Phi) is 1.24. The van der Waals surface area contributed by atoms with Gasteiger partial charge in [-0.3, -0.25) is 0 Å². The number of nitrogens with one attached hydrogen (secondary N) is 1. The van der Waals surface area contributed by atoms with Crippen molar-refractivity contribution < 1.29 is 8.78 Å². The zero-order chi connectivity index (χ0) is 7.19. The molecule has 1 N–H and O–H groups in total. The zero-order valence-electron chi connectivity index (χ0n) is 5.74. The molecule has 58 valence electrons. The molecule has 1 nitrogen and oxygen atoms in total. The van der Waals surface area contributed by atoms with Gasteiger partial charge in [0.25, 0.3) is 5.92 Å². The monoisotopic (exact) mass is 147 g/mol. The van der Waals surface area contributed by atoms with Crippen molar-refractivity contribution in [2.24, 2.45) is 11.8 Å². The van der Waals surface area contributed by atoms with Gasteiger partial charge in [-0.05, 0) is 18.9 Å². The van der Waals surface area contributed by atoms with Crippen LogP contribution in [0.3, 0.4) is 0 Å². The van der Waals surface area contributed by atoms with E-state index in [1.807, 2.05) is 0 Å². The molecule has 3 heteroatoms. The van der Waals surface area contributed by atoms with Gasteiger partial charge in [0.05, 0.1) is 0 Å². The Morgan fingerprint density at radius 3 is 2.80 bits per heavy atom. The van der Waals surface area contributed by atoms with Gasteiger partial charge in [0.2, 0.25) is 0 Å². The molecule has 0 aromatic carbocycles. The highest BCUT2D eigenvalue weighted by atomic mass is 19.3. The van der Waals surface area contributed by atoms with Gasteiger partial charge in [-0.25, -0.2) is 8.78 Å². The first-order valence-corrected chi connectivity index (χ1v) is 3.79. The molecular formula is C7H11F2N. The van der Waals surface area contributed by atoms with Gasteiger partial charge in [-0.2, -0.15) is 0 Å². The maximum atomic E-state index is 12.9. The molecule has 10 heavy (non-hydrogen) atoms. The summed E-state index contributed by atoms with van der Waals surface area (Å²) in [5, 5.41) is 3.00. The normalized spacial score (nSPS) is 43.8. The van der Waals surface area contributed by atoms with Crippen LogP contribution in [0.15, 0.2) is 0 Å². The van der Waals surface area contributed by atoms with Gasteiger partial charge in [0.15, 0.2) is 0 Å². The van der Waals surface area contributed by atoms with Gasteiger partial charge in [0.1, 0.15) is 0 Å². The van der Waals surface area contributed by atoms with E-state index < -0.39 is 5.92 Å². The van der Waals surface area contributed by atoms with Crippen molar-refractivity contribution >= 4 is 0 Å². The van der Waals surface area contributed by atoms with Crippen LogP contribution >= 0.6 is 0 Å². The maximum absolute atomic E-state index is 12.9. The zero-order valence-corrected chi connectivity index (χ0v) is 5.74. The number of hydrogen-bond acceptors (Lipinski definition) is 1. The van der Waals surface area contributed by atoms with Gasteiger partial charge >= 0.3 is 0 Å². The van der Waals surface area contributed by atoms with Crippen molar-refractivity contribution in [1.82, 2.24) is 5.32 Å². The first-order valence-electron chi connectivity index (χ1n) is 3.79. The third-order valence-electron chi connectivity index (χ3n) is 2.73. The second kappa shape index (κ2) is 1.91. The van der Waals surface area contributed by atoms with Crippen LogP contribution < -0.4 is 5.32 Å². The Balaban J connectivity index is 2.16. The first kappa shape index (κ1) is 6.53. The quantitative estimate of drug-likeness (QED) is 0.543. The average molecular weight is 147 g/mol. The fraction of sp³-hybridized carbons (Fsp3) is 1.00. The molecule has 1 heterocycles. The van der Waals surface area contributed by atoms with Crippen molar-refractivity contribution in [1.29, 1.82) is 0 Å². The number of halogens is 2. The maximum Gasteiger partial charge on any atom is 0.252 e. The van der Waals surface area contributed by atoms with Crippen molar-refractivity contribution in [2.45, 2.75) is 18.8 Å². The summed E-state index contributed by atoms with van der Waals surface area (Å²) in [4.78, 5) is 0. The standard InChI is InChI=1S/C7H11F2N/c8-7(9)2-1-5-3-10-4-6(5)7/h5-6,10H,1-4H2/t5-,6+/m0/s1. The SMILES string of the molecule is FC1(F)CC[C@H]2CNC[C@H]21. The number of alkyl halides is 2. The molecule has 0 aromatic heterocycles. The van der Waals surface area contributed by atoms with Crippen LogP contribution in [0.25, 0.3) is 0 Å². The van der Waals surface area contributed by atoms with E-state index in [-0.39, 0.29) is 18.3 Å². The molecule has 2 fully saturated rings. The molecule has 1 aliphatic carbocycles. The van der Waals surface area contributed by atoms with E-state index in [1.54, 1.807) is 0 Å². The Hall–Kier alpha value is -0.180. The summed E-state index contributed by atoms with van der Waals surface area (Å²) in [7, 11) is 0. The summed E-state index contributed by atoms with van der Waals surface area (Å²) in [6.45, 7) is 1.33. The highest BCUT2D eigenvalue weighted by Crippen LogP contribution is 2.45. The van der Waals surface area contributed by atoms with Crippen LogP contribution in [0.2, 0.25) is 0 Å². The first-order chi connectivity index (χ1) is 4.70. The largest absolute Gasteiger partial charge is 0.316 e. The average Bonchev–Trinajstić information content (AvgIpc) is 2.36. The molecule has 0 spiro atoms. The van der Waals surface area contributed by atoms with Crippen LogP contribution in [-0.2, 0) is 0 Å². The number of fused-ring (bicyclic) bond motifs is 1. The molecule has 1 aliphatic heterocycles. The van der Waals surface area contributed by atoms with Gasteiger partial charge < -0.3 is 5.32 Å². The number of hydrogen-bond donors (Lipinski definition) is 1. The molecular weight excluding hydrogens is 136 g/mol. The summed E-state index contributed by atoms with van der Waals surface area (Å²) in [6, 6.07) is 0. The van der Waals surface area contributed by atoms with Crippen LogP contribution in [-0.4, -0.2) is 19.0 Å². The fourth-order valence-corrected chi connectivity index (χ4v) is 2.09. The molecule has 0 bridgehead atoms. The lowest BCUT2D eigenvalue weighted by Crippen LogP contribution is -2.26. The van der Waals surface area contributed by atoms with Gasteiger partial charge in [-0.15, -0.1) is 0 Å². The Bertz CT molecular complexity index is 147. The minimum atomic E-state index is -2.37. The Morgan fingerprint density at radius 1 is 1.30 bits per heavy atom. The smallest absolute Gasteiger partial charge is 0.252 e. The molecule has 1 saturated heterocycles. The van der Waals surface area contributed by atoms with Crippen LogP contribution in [0.1, 0.15) is 12.8 Å². The van der Waals surface area contributed by atoms with Crippen molar-refractivity contribution in [2.75, 3.05) is 13.1 Å². The predicted octanol–water partition coefficient (Wildman–Crippen LogP) is 1.25. The summed E-state index contributed by atoms with van der Waals surface area (Å²) in [5.74, 6) is -2.46. The lowest BCUT2D eigenvalue weighted by molar-refractivity contribution is -0.0358. The Morgan fingerprint density at radius 2 is 2.10 bits per heavy atom. The molecule has 0 unspecified atom stereocenters. The van der Waals surface area contributed by atoms with Crippen LogP contribution in [0.5, 0.6) is 0 Å². The molecule has 0 aromatic rings. The lowest BCUT2D eigenvalue weighted by atomic mass is 9.99. The highest BCUT2D eigenvalue weighted by Gasteiger charge is 2.51. The topological polar surface area (TPSA) is 12.0 Å². The van der Waals surface area contributed by atoms with E-state index in [0.29, 0.717) is 13.0 Å². The number of rotatable bonds is 0. The second-order valence-electron chi connectivity index (χ2n) is 3.32. The van der Waals surface area contributed by atoms with Gasteiger partial charge in [0, 0.05) is 18.9 Å². The minimum Gasteiger partial charge on any atom is -0.316 e. The molecule has 2 aliphatic rings. The predicted molar refractivity (Wildman–Crippen MR) is 34.0 cm³/mol. The second-order valence-corrected chi connectivity index (χ2v) is 3.32. The summed E-state index contributed by atoms with van der Waals surface area (Å²) in [6.07, 6.45) is 0.828. The molecule has 2 atom stereocenters. The van der Waals surface area contributed by atoms with Crippen molar-refractivity contribution in [3.8, 4) is 0 Å². The van der Waals surface area contributed by atoms with E-state index in [9.17, 15) is 8.78 Å². The lowest BCUT2D eigenvalue weighted by Gasteiger charge is -2.15. The van der Waals surface area contributed by atoms with E-state index >= 15 is 0 Å². The van der Waals surface area contributed by atoms with Crippen LogP contribution in [0.4, 0.5) is 8.78 Å². The minimum absolute atomic E-state index is 0.115. The Labute approximate surface area is 58.8 Å². The third kappa shape index (κ3) is 0.764. The van der Waals surface area contributed by atoms with Crippen molar-refractivity contribution in [3.05, 3.63) is 0 Å². The summed E-state index contributed by atoms with van der Waals surface area (Å²) < 4.78 is 25.7. The van der Waals surface area contributed by atoms with E-state index in [0.717, 1.165) is 6.54 Å². The molecule has 2 rings (SSSR count). The van der Waals surface area contributed by atoms with E-state index in [2.05, 4.69) is 5.32 Å². The summed E-state index contributed by atoms with van der Waals surface area (Å²) >= 11 is 0. The van der Waals surface area contributed by atoms with Gasteiger partial charge in [-0.1, -0.05) is 0 Å². The third-order valence-corrected chi connectivity index (χ3v) is 2.73. The van der Waals surface area contributed by atoms with E-state index in [1.165, 1.54) is 0 Å². The van der Waals surface area contributed by atoms with Crippen molar-refractivity contribution in [3.63, 3.8) is 0 Å². The summed E-state index contributed by atoms with van der Waals surface area (Å²) in [5.41, 5.74) is 0. The highest BCUT2D eigenvalue weighted by molar-refractivity contribution is 4.96. The molecule has 0 amide bonds. The fourth-order valence-electron chi connectivity index (χ4n) is 2.09. The molecule has 0 radical (unpaired) electrons. The molecule has 1 saturated carbocycles. The van der Waals surface area contributed by atoms with E-state index in [4.69, 9.17) is 0 Å². The van der Waals surface area contributed by atoms with Crippen LogP contribution in [0, 0.1) is 11.8 Å².